The van der Waals surface area contributed by atoms with Crippen LogP contribution in [0.25, 0.3) is 17.0 Å². The number of aromatic nitrogens is 3. The molecule has 3 aromatic rings. The third kappa shape index (κ3) is 3.61. The number of methoxy groups -OCH3 is 1. The summed E-state index contributed by atoms with van der Waals surface area (Å²) in [5, 5.41) is 4.90. The first kappa shape index (κ1) is 20.6. The summed E-state index contributed by atoms with van der Waals surface area (Å²) in [4.78, 5) is 8.16. The number of hydrogen-bond donors (Lipinski definition) is 1. The molecule has 4 rings (SSSR count). The second kappa shape index (κ2) is 7.52. The Labute approximate surface area is 169 Å². The molecule has 0 aliphatic carbocycles. The van der Waals surface area contributed by atoms with E-state index in [1.54, 1.807) is 12.1 Å². The highest BCUT2D eigenvalue weighted by Crippen LogP contribution is 2.33. The van der Waals surface area contributed by atoms with Gasteiger partial charge in [-0.05, 0) is 23.8 Å². The van der Waals surface area contributed by atoms with Crippen LogP contribution in [0.2, 0.25) is 0 Å². The van der Waals surface area contributed by atoms with Crippen LogP contribution in [0.1, 0.15) is 17.0 Å². The number of rotatable bonds is 6. The molecule has 0 spiro atoms. The van der Waals surface area contributed by atoms with E-state index in [0.29, 0.717) is 13.2 Å². The summed E-state index contributed by atoms with van der Waals surface area (Å²) in [5.74, 6) is -1.12. The molecule has 0 aromatic carbocycles. The largest absolute Gasteiger partial charge is 0.481 e. The van der Waals surface area contributed by atoms with Gasteiger partial charge in [-0.3, -0.25) is 4.40 Å². The third-order valence-corrected chi connectivity index (χ3v) is 5.72. The minimum absolute atomic E-state index is 0.150. The van der Waals surface area contributed by atoms with Crippen LogP contribution in [0.4, 0.5) is 13.2 Å². The highest BCUT2D eigenvalue weighted by molar-refractivity contribution is 7.89. The maximum absolute atomic E-state index is 14.8. The Morgan fingerprint density at radius 2 is 2.03 bits per heavy atom. The molecule has 0 bridgehead atoms. The van der Waals surface area contributed by atoms with Crippen molar-refractivity contribution in [1.82, 2.24) is 14.4 Å². The molecule has 0 radical (unpaired) electrons. The summed E-state index contributed by atoms with van der Waals surface area (Å²) >= 11 is 0. The number of fused-ring (bicyclic) bond motifs is 1. The van der Waals surface area contributed by atoms with Crippen LogP contribution in [0.15, 0.2) is 29.4 Å². The average Bonchev–Trinajstić information content (AvgIpc) is 2.98. The van der Waals surface area contributed by atoms with Gasteiger partial charge in [-0.15, -0.1) is 0 Å². The van der Waals surface area contributed by atoms with Crippen molar-refractivity contribution < 1.29 is 31.1 Å². The van der Waals surface area contributed by atoms with E-state index < -0.39 is 39.4 Å². The number of pyridine rings is 2. The third-order valence-electron chi connectivity index (χ3n) is 4.79. The normalized spacial score (nSPS) is 15.0. The second-order valence-corrected chi connectivity index (χ2v) is 8.29. The van der Waals surface area contributed by atoms with Gasteiger partial charge >= 0.3 is 0 Å². The maximum atomic E-state index is 14.8. The smallest absolute Gasteiger partial charge is 0.256 e. The van der Waals surface area contributed by atoms with Crippen LogP contribution in [0.5, 0.6) is 5.88 Å². The van der Waals surface area contributed by atoms with E-state index in [-0.39, 0.29) is 28.7 Å². The molecule has 4 heterocycles. The fourth-order valence-corrected chi connectivity index (χ4v) is 4.15. The van der Waals surface area contributed by atoms with Gasteiger partial charge in [0.1, 0.15) is 17.0 Å². The Morgan fingerprint density at radius 3 is 2.60 bits per heavy atom. The van der Waals surface area contributed by atoms with Crippen LogP contribution < -0.4 is 9.88 Å². The van der Waals surface area contributed by atoms with Crippen molar-refractivity contribution in [3.63, 3.8) is 0 Å². The standard InChI is InChI=1S/C18H17F3N4O4S/c1-28-17-10(5-13(20)21)4-12(19)15(24-17)16-18(30(22,26)27)25-3-2-9(6-14(25)23-16)11-7-29-8-11/h2-4,6,11,13H,5,7-8H2,1H3,(H2,22,26,27). The van der Waals surface area contributed by atoms with E-state index in [9.17, 15) is 21.6 Å². The van der Waals surface area contributed by atoms with Crippen molar-refractivity contribution in [2.24, 2.45) is 5.14 Å². The lowest BCUT2D eigenvalue weighted by atomic mass is 9.99. The number of primary sulfonamides is 1. The Morgan fingerprint density at radius 1 is 1.30 bits per heavy atom. The van der Waals surface area contributed by atoms with Gasteiger partial charge in [0.15, 0.2) is 10.8 Å². The summed E-state index contributed by atoms with van der Waals surface area (Å²) < 4.78 is 76.3. The molecule has 1 aliphatic rings. The maximum Gasteiger partial charge on any atom is 0.256 e. The van der Waals surface area contributed by atoms with Crippen molar-refractivity contribution in [2.75, 3.05) is 20.3 Å². The fourth-order valence-electron chi connectivity index (χ4n) is 3.31. The van der Waals surface area contributed by atoms with Crippen LogP contribution >= 0.6 is 0 Å². The zero-order valence-corrected chi connectivity index (χ0v) is 16.5. The Kier molecular flexibility index (Phi) is 5.16. The minimum Gasteiger partial charge on any atom is -0.481 e. The number of alkyl halides is 2. The first-order valence-electron chi connectivity index (χ1n) is 8.83. The zero-order valence-electron chi connectivity index (χ0n) is 15.7. The Bertz CT molecular complexity index is 1230. The van der Waals surface area contributed by atoms with Gasteiger partial charge in [-0.25, -0.2) is 36.7 Å². The molecule has 0 atom stereocenters. The number of ether oxygens (including phenoxy) is 2. The molecule has 1 fully saturated rings. The van der Waals surface area contributed by atoms with Crippen LogP contribution in [-0.4, -0.2) is 49.5 Å². The lowest BCUT2D eigenvalue weighted by molar-refractivity contribution is 0.00843. The van der Waals surface area contributed by atoms with Gasteiger partial charge in [0, 0.05) is 24.1 Å². The molecule has 1 saturated heterocycles. The number of halogens is 3. The SMILES string of the molecule is COc1nc(-c2nc3cc(C4COC4)ccn3c2S(N)(=O)=O)c(F)cc1CC(F)F. The predicted molar refractivity (Wildman–Crippen MR) is 99.6 cm³/mol. The summed E-state index contributed by atoms with van der Waals surface area (Å²) in [5.41, 5.74) is 0.145. The van der Waals surface area contributed by atoms with Gasteiger partial charge in [0.2, 0.25) is 12.3 Å². The lowest BCUT2D eigenvalue weighted by Gasteiger charge is -2.26. The molecule has 160 valence electrons. The fraction of sp³-hybridized carbons (Fsp3) is 0.333. The Balaban J connectivity index is 1.93. The average molecular weight is 442 g/mol. The van der Waals surface area contributed by atoms with Gasteiger partial charge in [-0.2, -0.15) is 0 Å². The molecular formula is C18H17F3N4O4S. The molecule has 1 aliphatic heterocycles. The molecule has 0 saturated carbocycles. The van der Waals surface area contributed by atoms with E-state index in [0.717, 1.165) is 11.6 Å². The van der Waals surface area contributed by atoms with E-state index in [1.807, 2.05) is 0 Å². The van der Waals surface area contributed by atoms with Gasteiger partial charge in [0.25, 0.3) is 10.0 Å². The van der Waals surface area contributed by atoms with E-state index in [1.165, 1.54) is 17.7 Å². The summed E-state index contributed by atoms with van der Waals surface area (Å²) in [6, 6.07) is 4.20. The van der Waals surface area contributed by atoms with Crippen molar-refractivity contribution in [2.45, 2.75) is 23.8 Å². The highest BCUT2D eigenvalue weighted by Gasteiger charge is 2.29. The molecule has 2 N–H and O–H groups in total. The predicted octanol–water partition coefficient (Wildman–Crippen LogP) is 2.11. The van der Waals surface area contributed by atoms with Gasteiger partial charge < -0.3 is 9.47 Å². The quantitative estimate of drug-likeness (QED) is 0.626. The number of hydrogen-bond acceptors (Lipinski definition) is 6. The Hall–Kier alpha value is -2.70. The van der Waals surface area contributed by atoms with Gasteiger partial charge in [0.05, 0.1) is 20.3 Å². The molecule has 0 amide bonds. The summed E-state index contributed by atoms with van der Waals surface area (Å²) in [6.07, 6.45) is -2.04. The van der Waals surface area contributed by atoms with E-state index >= 15 is 0 Å². The first-order chi connectivity index (χ1) is 14.2. The van der Waals surface area contributed by atoms with Crippen LogP contribution in [-0.2, 0) is 21.2 Å². The van der Waals surface area contributed by atoms with Crippen molar-refractivity contribution in [3.8, 4) is 17.3 Å². The summed E-state index contributed by atoms with van der Waals surface area (Å²) in [7, 11) is -3.16. The molecule has 12 heteroatoms. The number of imidazole rings is 1. The molecule has 8 nitrogen and oxygen atoms in total. The second-order valence-electron chi connectivity index (χ2n) is 6.82. The topological polar surface area (TPSA) is 109 Å². The molecular weight excluding hydrogens is 425 g/mol. The van der Waals surface area contributed by atoms with Crippen LogP contribution in [0.3, 0.4) is 0 Å². The lowest BCUT2D eigenvalue weighted by Crippen LogP contribution is -2.25. The first-order valence-corrected chi connectivity index (χ1v) is 10.4. The van der Waals surface area contributed by atoms with Crippen molar-refractivity contribution >= 4 is 15.7 Å². The van der Waals surface area contributed by atoms with Crippen molar-refractivity contribution in [3.05, 3.63) is 41.3 Å². The molecule has 3 aromatic heterocycles. The van der Waals surface area contributed by atoms with Gasteiger partial charge in [-0.1, -0.05) is 0 Å². The molecule has 0 unspecified atom stereocenters. The number of nitrogens with two attached hydrogens (primary N) is 1. The monoisotopic (exact) mass is 442 g/mol. The summed E-state index contributed by atoms with van der Waals surface area (Å²) in [6.45, 7) is 1.07. The zero-order chi connectivity index (χ0) is 21.6. The van der Waals surface area contributed by atoms with Crippen molar-refractivity contribution in [1.29, 1.82) is 0 Å². The minimum atomic E-state index is -4.35. The van der Waals surface area contributed by atoms with E-state index in [4.69, 9.17) is 14.6 Å². The van der Waals surface area contributed by atoms with Crippen LogP contribution in [0, 0.1) is 5.82 Å². The highest BCUT2D eigenvalue weighted by atomic mass is 32.2. The van der Waals surface area contributed by atoms with E-state index in [2.05, 4.69) is 9.97 Å². The number of nitrogens with zero attached hydrogens (tertiary/aromatic N) is 3. The number of sulfonamides is 1. The molecule has 30 heavy (non-hydrogen) atoms.